The smallest absolute Gasteiger partial charge is 0.269 e. The lowest BCUT2D eigenvalue weighted by Crippen LogP contribution is -2.39. The lowest BCUT2D eigenvalue weighted by Gasteiger charge is -2.31. The van der Waals surface area contributed by atoms with E-state index in [1.807, 2.05) is 0 Å². The van der Waals surface area contributed by atoms with Crippen LogP contribution in [0.25, 0.3) is 21.9 Å². The molecule has 1 aliphatic rings. The largest absolute Gasteiger partial charge is 0.487 e. The Labute approximate surface area is 210 Å². The fraction of sp³-hybridized carbons (Fsp3) is 0.292. The van der Waals surface area contributed by atoms with Crippen molar-refractivity contribution in [2.75, 3.05) is 26.2 Å². The van der Waals surface area contributed by atoms with Gasteiger partial charge in [0.25, 0.3) is 10.0 Å². The molecule has 35 heavy (non-hydrogen) atoms. The first-order valence-corrected chi connectivity index (χ1v) is 13.4. The minimum atomic E-state index is -4.01. The van der Waals surface area contributed by atoms with Crippen LogP contribution in [0.5, 0.6) is 5.75 Å². The highest BCUT2D eigenvalue weighted by molar-refractivity contribution is 9.10. The predicted octanol–water partition coefficient (Wildman–Crippen LogP) is 3.29. The number of aromatic nitrogens is 3. The Kier molecular flexibility index (Phi) is 6.46. The van der Waals surface area contributed by atoms with Crippen LogP contribution < -0.4 is 4.74 Å². The molecule has 180 valence electrons. The maximum Gasteiger partial charge on any atom is 0.269 e. The molecule has 0 spiro atoms. The molecule has 1 fully saturated rings. The van der Waals surface area contributed by atoms with Gasteiger partial charge < -0.3 is 14.7 Å². The van der Waals surface area contributed by atoms with E-state index in [0.29, 0.717) is 40.1 Å². The number of rotatable bonds is 6. The van der Waals surface area contributed by atoms with Crippen LogP contribution >= 0.6 is 15.9 Å². The zero-order chi connectivity index (χ0) is 24.6. The van der Waals surface area contributed by atoms with Crippen LogP contribution in [-0.2, 0) is 10.0 Å². The summed E-state index contributed by atoms with van der Waals surface area (Å²) in [5.74, 6) is 0.262. The Morgan fingerprint density at radius 2 is 1.91 bits per heavy atom. The van der Waals surface area contributed by atoms with Gasteiger partial charge in [0.05, 0.1) is 28.6 Å². The van der Waals surface area contributed by atoms with Crippen molar-refractivity contribution in [2.24, 2.45) is 0 Å². The van der Waals surface area contributed by atoms with Gasteiger partial charge in [-0.2, -0.15) is 5.26 Å². The van der Waals surface area contributed by atoms with E-state index in [-0.39, 0.29) is 34.7 Å². The molecule has 11 heteroatoms. The number of β-amino-alcohol motifs (C(OH)–C–C–N with tert-alkyl or cyclic N) is 1. The fourth-order valence-corrected chi connectivity index (χ4v) is 6.30. The summed E-state index contributed by atoms with van der Waals surface area (Å²) in [4.78, 5) is 11.0. The topological polar surface area (TPSA) is 121 Å². The molecule has 0 bridgehead atoms. The van der Waals surface area contributed by atoms with Gasteiger partial charge in [0.2, 0.25) is 0 Å². The van der Waals surface area contributed by atoms with Crippen LogP contribution in [0.4, 0.5) is 0 Å². The average molecular weight is 556 g/mol. The molecular weight excluding hydrogens is 534 g/mol. The molecule has 1 aromatic carbocycles. The zero-order valence-electron chi connectivity index (χ0n) is 18.6. The van der Waals surface area contributed by atoms with Gasteiger partial charge in [-0.05, 0) is 47.0 Å². The van der Waals surface area contributed by atoms with E-state index in [1.165, 1.54) is 28.5 Å². The van der Waals surface area contributed by atoms with Crippen molar-refractivity contribution in [3.63, 3.8) is 0 Å². The second kappa shape index (κ2) is 9.54. The summed E-state index contributed by atoms with van der Waals surface area (Å²) in [5.41, 5.74) is 0.610. The van der Waals surface area contributed by atoms with Crippen LogP contribution in [0, 0.1) is 11.3 Å². The highest BCUT2D eigenvalue weighted by Crippen LogP contribution is 2.40. The molecule has 0 atom stereocenters. The van der Waals surface area contributed by atoms with Crippen molar-refractivity contribution in [3.05, 3.63) is 59.0 Å². The summed E-state index contributed by atoms with van der Waals surface area (Å²) in [6.07, 6.45) is 4.18. The Hall–Kier alpha value is -3.04. The van der Waals surface area contributed by atoms with E-state index in [0.717, 1.165) is 13.1 Å². The van der Waals surface area contributed by atoms with Crippen molar-refractivity contribution in [3.8, 4) is 11.8 Å². The highest BCUT2D eigenvalue weighted by atomic mass is 79.9. The van der Waals surface area contributed by atoms with Gasteiger partial charge in [0.15, 0.2) is 17.1 Å². The fourth-order valence-electron chi connectivity index (χ4n) is 4.48. The molecule has 0 unspecified atom stereocenters. The quantitative estimate of drug-likeness (QED) is 0.384. The first kappa shape index (κ1) is 23.7. The minimum absolute atomic E-state index is 0.0893. The predicted molar refractivity (Wildman–Crippen MR) is 134 cm³/mol. The number of ether oxygens (including phenoxy) is 1. The molecule has 0 saturated carbocycles. The molecule has 0 amide bonds. The first-order valence-electron chi connectivity index (χ1n) is 11.1. The molecule has 0 radical (unpaired) electrons. The Morgan fingerprint density at radius 1 is 1.17 bits per heavy atom. The van der Waals surface area contributed by atoms with Gasteiger partial charge in [0.1, 0.15) is 12.2 Å². The molecule has 1 N–H and O–H groups in total. The average Bonchev–Trinajstić information content (AvgIpc) is 3.20. The number of benzene rings is 1. The molecular formula is C24H22BrN5O4S. The molecule has 9 nitrogen and oxygen atoms in total. The maximum atomic E-state index is 13.7. The first-order chi connectivity index (χ1) is 16.9. The molecule has 3 aromatic heterocycles. The van der Waals surface area contributed by atoms with E-state index in [2.05, 4.69) is 36.9 Å². The summed E-state index contributed by atoms with van der Waals surface area (Å²) in [7, 11) is -4.01. The Morgan fingerprint density at radius 3 is 2.60 bits per heavy atom. The molecule has 5 rings (SSSR count). The number of pyridine rings is 2. The van der Waals surface area contributed by atoms with E-state index >= 15 is 0 Å². The van der Waals surface area contributed by atoms with E-state index in [9.17, 15) is 18.8 Å². The van der Waals surface area contributed by atoms with Gasteiger partial charge in [-0.25, -0.2) is 22.4 Å². The third-order valence-corrected chi connectivity index (χ3v) is 8.30. The lowest BCUT2D eigenvalue weighted by atomic mass is 10.1. The molecule has 1 saturated heterocycles. The van der Waals surface area contributed by atoms with Crippen LogP contribution in [0.2, 0.25) is 0 Å². The number of aliphatic hydroxyl groups is 1. The zero-order valence-corrected chi connectivity index (χ0v) is 21.0. The summed E-state index contributed by atoms with van der Waals surface area (Å²) in [6.45, 7) is 2.23. The SMILES string of the molecule is N#Cc1ncc2c(c1OC1CCN(CCO)CC1)c1cc(Br)cnc1n2S(=O)(=O)c1ccccc1. The number of nitrogens with zero attached hydrogens (tertiary/aromatic N) is 5. The number of hydrogen-bond acceptors (Lipinski definition) is 8. The minimum Gasteiger partial charge on any atom is -0.487 e. The number of piperidine rings is 1. The van der Waals surface area contributed by atoms with Crippen molar-refractivity contribution in [1.29, 1.82) is 5.26 Å². The van der Waals surface area contributed by atoms with Gasteiger partial charge in [0, 0.05) is 35.7 Å². The van der Waals surface area contributed by atoms with Crippen LogP contribution in [0.3, 0.4) is 0 Å². The monoisotopic (exact) mass is 555 g/mol. The molecule has 0 aliphatic carbocycles. The van der Waals surface area contributed by atoms with Crippen molar-refractivity contribution >= 4 is 47.9 Å². The normalized spacial score (nSPS) is 15.5. The summed E-state index contributed by atoms with van der Waals surface area (Å²) in [5, 5.41) is 20.0. The number of hydrogen-bond donors (Lipinski definition) is 1. The Bertz CT molecular complexity index is 1540. The standard InChI is InChI=1S/C24H22BrN5O4S/c25-16-12-19-22-21(30(24(19)28-14-16)35(32,33)18-4-2-1-3-5-18)15-27-20(13-26)23(22)34-17-6-8-29(9-7-17)10-11-31/h1-5,12,14-15,17,31H,6-11H2. The maximum absolute atomic E-state index is 13.7. The summed E-state index contributed by atoms with van der Waals surface area (Å²) in [6, 6.07) is 12.0. The second-order valence-corrected chi connectivity index (χ2v) is 11.0. The third kappa shape index (κ3) is 4.27. The summed E-state index contributed by atoms with van der Waals surface area (Å²) >= 11 is 3.43. The van der Waals surface area contributed by atoms with Crippen molar-refractivity contribution < 1.29 is 18.3 Å². The van der Waals surface area contributed by atoms with Gasteiger partial charge >= 0.3 is 0 Å². The lowest BCUT2D eigenvalue weighted by molar-refractivity contribution is 0.0895. The number of nitriles is 1. The third-order valence-electron chi connectivity index (χ3n) is 6.15. The number of halogens is 1. The number of aliphatic hydroxyl groups excluding tert-OH is 1. The van der Waals surface area contributed by atoms with Crippen LogP contribution in [-0.4, -0.2) is 64.7 Å². The molecule has 4 heterocycles. The van der Waals surface area contributed by atoms with Gasteiger partial charge in [-0.1, -0.05) is 18.2 Å². The van der Waals surface area contributed by atoms with Crippen molar-refractivity contribution in [2.45, 2.75) is 23.8 Å². The molecule has 1 aliphatic heterocycles. The van der Waals surface area contributed by atoms with Gasteiger partial charge in [-0.3, -0.25) is 0 Å². The van der Waals surface area contributed by atoms with E-state index in [4.69, 9.17) is 4.74 Å². The summed E-state index contributed by atoms with van der Waals surface area (Å²) < 4.78 is 35.6. The van der Waals surface area contributed by atoms with Crippen molar-refractivity contribution in [1.82, 2.24) is 18.8 Å². The van der Waals surface area contributed by atoms with Gasteiger partial charge in [-0.15, -0.1) is 0 Å². The molecule has 4 aromatic rings. The number of fused-ring (bicyclic) bond motifs is 3. The number of likely N-dealkylation sites (tertiary alicyclic amines) is 1. The van der Waals surface area contributed by atoms with E-state index < -0.39 is 10.0 Å². The van der Waals surface area contributed by atoms with Crippen LogP contribution in [0.15, 0.2) is 58.2 Å². The highest BCUT2D eigenvalue weighted by Gasteiger charge is 2.29. The Balaban J connectivity index is 1.71. The van der Waals surface area contributed by atoms with E-state index in [1.54, 1.807) is 24.3 Å². The van der Waals surface area contributed by atoms with Crippen LogP contribution in [0.1, 0.15) is 18.5 Å². The second-order valence-electron chi connectivity index (χ2n) is 8.30.